The molecule has 22 heavy (non-hydrogen) atoms. The smallest absolute Gasteiger partial charge is 0.139 e. The average molecular weight is 304 g/mol. The van der Waals surface area contributed by atoms with Gasteiger partial charge in [-0.15, -0.1) is 0 Å². The monoisotopic (exact) mass is 304 g/mol. The van der Waals surface area contributed by atoms with Crippen LogP contribution in [0.4, 0.5) is 4.39 Å². The van der Waals surface area contributed by atoms with Crippen molar-refractivity contribution >= 4 is 5.78 Å². The van der Waals surface area contributed by atoms with E-state index in [1.807, 2.05) is 0 Å². The Morgan fingerprint density at radius 2 is 2.00 bits per heavy atom. The number of fused-ring (bicyclic) bond motifs is 5. The molecule has 3 saturated carbocycles. The fourth-order valence-corrected chi connectivity index (χ4v) is 6.88. The lowest BCUT2D eigenvalue weighted by atomic mass is 9.46. The molecule has 0 spiro atoms. The number of carbonyl (C=O) groups excluding carboxylic acids is 1. The Bertz CT molecular complexity index is 524. The zero-order chi connectivity index (χ0) is 15.5. The van der Waals surface area contributed by atoms with Gasteiger partial charge in [0.15, 0.2) is 0 Å². The average Bonchev–Trinajstić information content (AvgIpc) is 2.82. The molecule has 0 radical (unpaired) electrons. The highest BCUT2D eigenvalue weighted by atomic mass is 19.1. The molecule has 0 N–H and O–H groups in total. The summed E-state index contributed by atoms with van der Waals surface area (Å²) >= 11 is 0. The largest absolute Gasteiger partial charge is 0.299 e. The Morgan fingerprint density at radius 3 is 2.77 bits per heavy atom. The summed E-state index contributed by atoms with van der Waals surface area (Å²) < 4.78 is 13.8. The van der Waals surface area contributed by atoms with Crippen LogP contribution < -0.4 is 0 Å². The normalized spacial score (nSPS) is 50.9. The second-order valence-electron chi connectivity index (χ2n) is 8.79. The second-order valence-corrected chi connectivity index (χ2v) is 8.79. The first-order valence-electron chi connectivity index (χ1n) is 9.30. The van der Waals surface area contributed by atoms with Crippen LogP contribution in [0.15, 0.2) is 11.6 Å². The third-order valence-electron chi connectivity index (χ3n) is 8.28. The first-order chi connectivity index (χ1) is 10.5. The van der Waals surface area contributed by atoms with E-state index in [9.17, 15) is 9.18 Å². The molecule has 0 aromatic heterocycles. The summed E-state index contributed by atoms with van der Waals surface area (Å²) in [5.41, 5.74) is 1.56. The highest BCUT2D eigenvalue weighted by Gasteiger charge is 2.59. The summed E-state index contributed by atoms with van der Waals surface area (Å²) in [6.07, 6.45) is 11.0. The Hall–Kier alpha value is -0.660. The third-order valence-corrected chi connectivity index (χ3v) is 8.28. The van der Waals surface area contributed by atoms with Gasteiger partial charge in [0, 0.05) is 11.8 Å². The summed E-state index contributed by atoms with van der Waals surface area (Å²) in [4.78, 5) is 12.4. The van der Waals surface area contributed by atoms with Gasteiger partial charge in [-0.2, -0.15) is 0 Å². The topological polar surface area (TPSA) is 17.1 Å². The SMILES string of the molecule is C[C@]12CC[C@H]3[C@@H](CC=C4CCCC(CF)[C@@]43C)[C@@H]1CCC2=O. The van der Waals surface area contributed by atoms with E-state index in [2.05, 4.69) is 19.9 Å². The maximum atomic E-state index is 13.8. The number of carbonyl (C=O) groups is 1. The molecule has 0 saturated heterocycles. The molecule has 4 rings (SSSR count). The molecule has 4 aliphatic carbocycles. The van der Waals surface area contributed by atoms with E-state index in [0.29, 0.717) is 23.5 Å². The van der Waals surface area contributed by atoms with Gasteiger partial charge in [0.25, 0.3) is 0 Å². The number of ketones is 1. The fourth-order valence-electron chi connectivity index (χ4n) is 6.88. The zero-order valence-electron chi connectivity index (χ0n) is 14.0. The van der Waals surface area contributed by atoms with Crippen LogP contribution in [-0.4, -0.2) is 12.5 Å². The van der Waals surface area contributed by atoms with Crippen molar-refractivity contribution in [2.24, 2.45) is 34.5 Å². The van der Waals surface area contributed by atoms with E-state index in [1.54, 1.807) is 5.57 Å². The Kier molecular flexibility index (Phi) is 3.33. The number of alkyl halides is 1. The molecule has 0 aliphatic heterocycles. The number of rotatable bonds is 1. The molecule has 1 nitrogen and oxygen atoms in total. The van der Waals surface area contributed by atoms with E-state index >= 15 is 0 Å². The van der Waals surface area contributed by atoms with Crippen LogP contribution in [0.5, 0.6) is 0 Å². The summed E-state index contributed by atoms with van der Waals surface area (Å²) in [6.45, 7) is 4.41. The van der Waals surface area contributed by atoms with Crippen molar-refractivity contribution in [2.75, 3.05) is 6.67 Å². The van der Waals surface area contributed by atoms with Crippen molar-refractivity contribution in [3.05, 3.63) is 11.6 Å². The van der Waals surface area contributed by atoms with Crippen LogP contribution in [0.3, 0.4) is 0 Å². The molecule has 0 heterocycles. The molecule has 0 aromatic carbocycles. The van der Waals surface area contributed by atoms with Gasteiger partial charge in [0.1, 0.15) is 5.78 Å². The molecular weight excluding hydrogens is 275 g/mol. The third kappa shape index (κ3) is 1.73. The van der Waals surface area contributed by atoms with Crippen molar-refractivity contribution in [1.82, 2.24) is 0 Å². The van der Waals surface area contributed by atoms with Crippen molar-refractivity contribution in [2.45, 2.75) is 65.2 Å². The molecule has 122 valence electrons. The van der Waals surface area contributed by atoms with Crippen LogP contribution in [0.1, 0.15) is 65.2 Å². The predicted molar refractivity (Wildman–Crippen MR) is 86.2 cm³/mol. The minimum Gasteiger partial charge on any atom is -0.299 e. The molecule has 0 bridgehead atoms. The highest BCUT2D eigenvalue weighted by molar-refractivity contribution is 5.87. The van der Waals surface area contributed by atoms with Crippen molar-refractivity contribution in [3.63, 3.8) is 0 Å². The zero-order valence-corrected chi connectivity index (χ0v) is 14.0. The van der Waals surface area contributed by atoms with Crippen LogP contribution in [0, 0.1) is 34.5 Å². The lowest BCUT2D eigenvalue weighted by molar-refractivity contribution is -0.132. The number of Topliss-reactive ketones (excluding diaryl/α,β-unsaturated/α-hetero) is 1. The number of hydrogen-bond acceptors (Lipinski definition) is 1. The van der Waals surface area contributed by atoms with Gasteiger partial charge in [0.2, 0.25) is 0 Å². The van der Waals surface area contributed by atoms with Crippen LogP contribution in [-0.2, 0) is 4.79 Å². The van der Waals surface area contributed by atoms with E-state index in [4.69, 9.17) is 0 Å². The van der Waals surface area contributed by atoms with Gasteiger partial charge in [-0.25, -0.2) is 0 Å². The summed E-state index contributed by atoms with van der Waals surface area (Å²) in [7, 11) is 0. The van der Waals surface area contributed by atoms with Gasteiger partial charge < -0.3 is 0 Å². The summed E-state index contributed by atoms with van der Waals surface area (Å²) in [5.74, 6) is 2.49. The second kappa shape index (κ2) is 4.92. The van der Waals surface area contributed by atoms with Crippen LogP contribution in [0.25, 0.3) is 0 Å². The maximum Gasteiger partial charge on any atom is 0.139 e. The molecule has 6 atom stereocenters. The van der Waals surface area contributed by atoms with Crippen LogP contribution in [0.2, 0.25) is 0 Å². The Balaban J connectivity index is 1.73. The van der Waals surface area contributed by atoms with E-state index in [1.165, 1.54) is 6.42 Å². The Morgan fingerprint density at radius 1 is 1.18 bits per heavy atom. The first-order valence-corrected chi connectivity index (χ1v) is 9.30. The first kappa shape index (κ1) is 14.9. The van der Waals surface area contributed by atoms with Gasteiger partial charge in [-0.1, -0.05) is 25.5 Å². The Labute approximate surface area is 133 Å². The van der Waals surface area contributed by atoms with Gasteiger partial charge in [-0.05, 0) is 74.0 Å². The highest BCUT2D eigenvalue weighted by Crippen LogP contribution is 2.65. The fraction of sp³-hybridized carbons (Fsp3) is 0.850. The number of hydrogen-bond donors (Lipinski definition) is 0. The van der Waals surface area contributed by atoms with Crippen molar-refractivity contribution < 1.29 is 9.18 Å². The van der Waals surface area contributed by atoms with Crippen molar-refractivity contribution in [1.29, 1.82) is 0 Å². The molecule has 1 unspecified atom stereocenters. The molecule has 3 fully saturated rings. The van der Waals surface area contributed by atoms with Crippen LogP contribution >= 0.6 is 0 Å². The molecule has 4 aliphatic rings. The maximum absolute atomic E-state index is 13.8. The number of halogens is 1. The van der Waals surface area contributed by atoms with E-state index < -0.39 is 0 Å². The van der Waals surface area contributed by atoms with Gasteiger partial charge in [0.05, 0.1) is 6.67 Å². The van der Waals surface area contributed by atoms with E-state index in [-0.39, 0.29) is 23.4 Å². The van der Waals surface area contributed by atoms with Gasteiger partial charge in [-0.3, -0.25) is 9.18 Å². The lowest BCUT2D eigenvalue weighted by Crippen LogP contribution is -2.52. The summed E-state index contributed by atoms with van der Waals surface area (Å²) in [5, 5.41) is 0. The molecule has 0 amide bonds. The summed E-state index contributed by atoms with van der Waals surface area (Å²) in [6, 6.07) is 0. The van der Waals surface area contributed by atoms with E-state index in [0.717, 1.165) is 44.9 Å². The molecule has 2 heteroatoms. The lowest BCUT2D eigenvalue weighted by Gasteiger charge is -2.58. The quantitative estimate of drug-likeness (QED) is 0.616. The molecular formula is C20H29FO. The van der Waals surface area contributed by atoms with Crippen molar-refractivity contribution in [3.8, 4) is 0 Å². The molecule has 0 aromatic rings. The predicted octanol–water partition coefficient (Wildman–Crippen LogP) is 5.10. The minimum atomic E-state index is -0.169. The standard InChI is InChI=1S/C20H29FO/c1-19-11-10-17-15(16(19)8-9-18(19)22)7-6-13-4-3-5-14(12-21)20(13,17)2/h6,14-17H,3-5,7-12H2,1-2H3/t14?,15-,16-,17-,19-,20+/m0/s1. The van der Waals surface area contributed by atoms with Gasteiger partial charge >= 0.3 is 0 Å². The minimum absolute atomic E-state index is 0.0667. The number of allylic oxidation sites excluding steroid dienone is 2.